The number of aryl methyl sites for hydroxylation is 1. The third kappa shape index (κ3) is 3.23. The van der Waals surface area contributed by atoms with Crippen molar-refractivity contribution in [2.75, 3.05) is 0 Å². The molecule has 3 aromatic carbocycles. The monoisotopic (exact) mass is 422 g/mol. The maximum absolute atomic E-state index is 11.9. The molecule has 4 aromatic rings. The number of amides is 1. The quantitative estimate of drug-likeness (QED) is 0.420. The van der Waals surface area contributed by atoms with Crippen LogP contribution in [0.5, 0.6) is 0 Å². The molecular weight excluding hydrogens is 396 g/mol. The van der Waals surface area contributed by atoms with Crippen molar-refractivity contribution in [1.29, 1.82) is 0 Å². The molecule has 4 nitrogen and oxygen atoms in total. The Balaban J connectivity index is 1.34. The van der Waals surface area contributed by atoms with Crippen LogP contribution in [0.15, 0.2) is 71.1 Å². The molecule has 160 valence electrons. The number of furan rings is 1. The van der Waals surface area contributed by atoms with Gasteiger partial charge < -0.3 is 15.1 Å². The molecule has 0 radical (unpaired) electrons. The maximum Gasteiger partial charge on any atom is 0.251 e. The summed E-state index contributed by atoms with van der Waals surface area (Å²) < 4.78 is 6.40. The van der Waals surface area contributed by atoms with E-state index in [-0.39, 0.29) is 18.0 Å². The lowest BCUT2D eigenvalue weighted by Crippen LogP contribution is -2.27. The number of rotatable bonds is 4. The van der Waals surface area contributed by atoms with Gasteiger partial charge >= 0.3 is 0 Å². The molecule has 2 aliphatic rings. The lowest BCUT2D eigenvalue weighted by atomic mass is 9.90. The van der Waals surface area contributed by atoms with Crippen LogP contribution >= 0.6 is 0 Å². The summed E-state index contributed by atoms with van der Waals surface area (Å²) in [5, 5.41) is 7.91. The van der Waals surface area contributed by atoms with Gasteiger partial charge in [0.1, 0.15) is 11.3 Å². The molecular formula is C28H26N2O2. The highest BCUT2D eigenvalue weighted by Gasteiger charge is 2.28. The van der Waals surface area contributed by atoms with E-state index in [0.717, 1.165) is 52.9 Å². The number of fused-ring (bicyclic) bond motifs is 4. The first-order valence-electron chi connectivity index (χ1n) is 11.5. The molecule has 1 amide bonds. The fraction of sp³-hybridized carbons (Fsp3) is 0.250. The minimum atomic E-state index is 0.0224. The molecule has 2 atom stereocenters. The summed E-state index contributed by atoms with van der Waals surface area (Å²) in [5.74, 6) is 1.11. The molecule has 0 saturated carbocycles. The lowest BCUT2D eigenvalue weighted by Gasteiger charge is -2.26. The van der Waals surface area contributed by atoms with E-state index >= 15 is 0 Å². The Morgan fingerprint density at radius 3 is 2.72 bits per heavy atom. The van der Waals surface area contributed by atoms with Crippen molar-refractivity contribution in [3.63, 3.8) is 0 Å². The number of nitrogens with one attached hydrogen (secondary N) is 2. The summed E-state index contributed by atoms with van der Waals surface area (Å²) in [5.41, 5.74) is 7.75. The van der Waals surface area contributed by atoms with Crippen LogP contribution in [0.1, 0.15) is 64.7 Å². The Hall–Kier alpha value is -3.37. The minimum absolute atomic E-state index is 0.0224. The van der Waals surface area contributed by atoms with Gasteiger partial charge in [-0.15, -0.1) is 0 Å². The fourth-order valence-electron chi connectivity index (χ4n) is 5.21. The van der Waals surface area contributed by atoms with Crippen molar-refractivity contribution < 1.29 is 9.21 Å². The molecule has 6 rings (SSSR count). The second-order valence-electron chi connectivity index (χ2n) is 8.95. The van der Waals surface area contributed by atoms with E-state index in [0.29, 0.717) is 6.54 Å². The summed E-state index contributed by atoms with van der Waals surface area (Å²) in [6.07, 6.45) is 3.28. The minimum Gasteiger partial charge on any atom is -0.459 e. The number of carbonyl (C=O) groups excluding carboxylic acids is 1. The van der Waals surface area contributed by atoms with Crippen molar-refractivity contribution in [3.8, 4) is 11.1 Å². The maximum atomic E-state index is 11.9. The van der Waals surface area contributed by atoms with E-state index < -0.39 is 0 Å². The van der Waals surface area contributed by atoms with Crippen LogP contribution in [0, 0.1) is 0 Å². The van der Waals surface area contributed by atoms with Gasteiger partial charge in [-0.25, -0.2) is 0 Å². The first-order valence-corrected chi connectivity index (χ1v) is 11.5. The molecule has 0 bridgehead atoms. The molecule has 0 saturated heterocycles. The Bertz CT molecular complexity index is 1320. The van der Waals surface area contributed by atoms with Gasteiger partial charge in [0.25, 0.3) is 5.91 Å². The van der Waals surface area contributed by atoms with Crippen molar-refractivity contribution in [2.24, 2.45) is 0 Å². The number of benzene rings is 3. The molecule has 32 heavy (non-hydrogen) atoms. The number of hydrogen-bond donors (Lipinski definition) is 2. The third-order valence-corrected chi connectivity index (χ3v) is 6.93. The van der Waals surface area contributed by atoms with Gasteiger partial charge in [-0.3, -0.25) is 4.79 Å². The first kappa shape index (κ1) is 19.3. The third-order valence-electron chi connectivity index (χ3n) is 6.93. The van der Waals surface area contributed by atoms with Gasteiger partial charge in [0, 0.05) is 29.1 Å². The van der Waals surface area contributed by atoms with Crippen LogP contribution in [0.25, 0.3) is 22.1 Å². The SMILES string of the molecule is CC(NC1CCCc2c1oc1ccc(-c3ccc4c(c3)CNC4=O)cc21)c1ccccc1. The Kier molecular flexibility index (Phi) is 4.62. The number of carbonyl (C=O) groups is 1. The van der Waals surface area contributed by atoms with Gasteiger partial charge in [-0.2, -0.15) is 0 Å². The molecule has 2 heterocycles. The van der Waals surface area contributed by atoms with E-state index in [2.05, 4.69) is 72.2 Å². The highest BCUT2D eigenvalue weighted by Crippen LogP contribution is 2.40. The van der Waals surface area contributed by atoms with Crippen molar-refractivity contribution in [3.05, 3.63) is 94.7 Å². The average Bonchev–Trinajstić information content (AvgIpc) is 3.40. The van der Waals surface area contributed by atoms with Crippen LogP contribution in [0.4, 0.5) is 0 Å². The zero-order valence-corrected chi connectivity index (χ0v) is 18.2. The standard InChI is InChI=1S/C28H26N2O2/c1-17(18-6-3-2-4-7-18)30-25-9-5-8-23-24-15-20(11-13-26(24)32-27(23)25)19-10-12-22-21(14-19)16-29-28(22)31/h2-4,6-7,10-15,17,25,30H,5,8-9,16H2,1H3,(H,29,31). The Labute approximate surface area is 187 Å². The summed E-state index contributed by atoms with van der Waals surface area (Å²) in [6.45, 7) is 2.83. The first-order chi connectivity index (χ1) is 15.7. The van der Waals surface area contributed by atoms with Gasteiger partial charge in [-0.05, 0) is 72.7 Å². The van der Waals surface area contributed by atoms with Crippen molar-refractivity contribution in [1.82, 2.24) is 10.6 Å². The van der Waals surface area contributed by atoms with E-state index in [1.54, 1.807) is 0 Å². The van der Waals surface area contributed by atoms with Crippen LogP contribution in [-0.4, -0.2) is 5.91 Å². The van der Waals surface area contributed by atoms with E-state index in [1.807, 2.05) is 12.1 Å². The Morgan fingerprint density at radius 1 is 1.03 bits per heavy atom. The molecule has 4 heteroatoms. The molecule has 0 spiro atoms. The molecule has 2 unspecified atom stereocenters. The van der Waals surface area contributed by atoms with E-state index in [4.69, 9.17) is 4.42 Å². The van der Waals surface area contributed by atoms with Gasteiger partial charge in [0.15, 0.2) is 0 Å². The average molecular weight is 423 g/mol. The highest BCUT2D eigenvalue weighted by atomic mass is 16.3. The summed E-state index contributed by atoms with van der Waals surface area (Å²) in [6, 6.07) is 23.7. The van der Waals surface area contributed by atoms with Gasteiger partial charge in [0.05, 0.1) is 6.04 Å². The molecule has 2 N–H and O–H groups in total. The summed E-state index contributed by atoms with van der Waals surface area (Å²) >= 11 is 0. The predicted octanol–water partition coefficient (Wildman–Crippen LogP) is 6.07. The zero-order chi connectivity index (χ0) is 21.7. The van der Waals surface area contributed by atoms with E-state index in [1.165, 1.54) is 16.5 Å². The van der Waals surface area contributed by atoms with Gasteiger partial charge in [-0.1, -0.05) is 42.5 Å². The summed E-state index contributed by atoms with van der Waals surface area (Å²) in [7, 11) is 0. The number of hydrogen-bond acceptors (Lipinski definition) is 3. The Morgan fingerprint density at radius 2 is 1.84 bits per heavy atom. The topological polar surface area (TPSA) is 54.3 Å². The van der Waals surface area contributed by atoms with Crippen LogP contribution in [-0.2, 0) is 13.0 Å². The van der Waals surface area contributed by atoms with Crippen LogP contribution < -0.4 is 10.6 Å². The second kappa shape index (κ2) is 7.64. The molecule has 1 aliphatic heterocycles. The zero-order valence-electron chi connectivity index (χ0n) is 18.2. The molecule has 1 aliphatic carbocycles. The predicted molar refractivity (Wildman–Crippen MR) is 126 cm³/mol. The fourth-order valence-corrected chi connectivity index (χ4v) is 5.21. The van der Waals surface area contributed by atoms with Crippen LogP contribution in [0.2, 0.25) is 0 Å². The van der Waals surface area contributed by atoms with Crippen molar-refractivity contribution in [2.45, 2.75) is 44.8 Å². The van der Waals surface area contributed by atoms with Crippen LogP contribution in [0.3, 0.4) is 0 Å². The lowest BCUT2D eigenvalue weighted by molar-refractivity contribution is 0.0966. The summed E-state index contributed by atoms with van der Waals surface area (Å²) in [4.78, 5) is 11.9. The van der Waals surface area contributed by atoms with Crippen molar-refractivity contribution >= 4 is 16.9 Å². The molecule has 0 fully saturated rings. The second-order valence-corrected chi connectivity index (χ2v) is 8.95. The largest absolute Gasteiger partial charge is 0.459 e. The highest BCUT2D eigenvalue weighted by molar-refractivity contribution is 5.99. The molecule has 1 aromatic heterocycles. The smallest absolute Gasteiger partial charge is 0.251 e. The van der Waals surface area contributed by atoms with Gasteiger partial charge in [0.2, 0.25) is 0 Å². The van der Waals surface area contributed by atoms with E-state index in [9.17, 15) is 4.79 Å². The normalized spacial score (nSPS) is 18.3.